The fourth-order valence-corrected chi connectivity index (χ4v) is 2.49. The first-order valence-corrected chi connectivity index (χ1v) is 7.67. The highest BCUT2D eigenvalue weighted by Crippen LogP contribution is 2.09. The second kappa shape index (κ2) is 8.74. The Morgan fingerprint density at radius 3 is 2.60 bits per heavy atom. The Bertz CT molecular complexity index is 372. The van der Waals surface area contributed by atoms with Crippen molar-refractivity contribution in [2.45, 2.75) is 45.1 Å². The van der Waals surface area contributed by atoms with Crippen LogP contribution in [0.25, 0.3) is 0 Å². The molecule has 1 amide bonds. The predicted molar refractivity (Wildman–Crippen MR) is 77.3 cm³/mol. The van der Waals surface area contributed by atoms with Crippen LogP contribution in [0.1, 0.15) is 38.5 Å². The molecule has 0 radical (unpaired) electrons. The summed E-state index contributed by atoms with van der Waals surface area (Å²) >= 11 is 0. The number of morpholine rings is 1. The van der Waals surface area contributed by atoms with Gasteiger partial charge in [0.05, 0.1) is 19.5 Å². The summed E-state index contributed by atoms with van der Waals surface area (Å²) in [5, 5.41) is 0. The van der Waals surface area contributed by atoms with Gasteiger partial charge in [0, 0.05) is 38.4 Å². The Labute approximate surface area is 120 Å². The third kappa shape index (κ3) is 5.33. The van der Waals surface area contributed by atoms with Crippen molar-refractivity contribution in [3.8, 4) is 0 Å². The summed E-state index contributed by atoms with van der Waals surface area (Å²) in [6.07, 6.45) is 12.2. The summed E-state index contributed by atoms with van der Waals surface area (Å²) in [5.41, 5.74) is 0. The molecule has 2 heterocycles. The largest absolute Gasteiger partial charge is 0.378 e. The van der Waals surface area contributed by atoms with Gasteiger partial charge in [-0.05, 0) is 12.8 Å². The number of carbonyl (C=O) groups excluding carboxylic acids is 1. The molecule has 1 aromatic rings. The summed E-state index contributed by atoms with van der Waals surface area (Å²) < 4.78 is 7.36. The van der Waals surface area contributed by atoms with Gasteiger partial charge in [0.15, 0.2) is 0 Å². The molecule has 1 aliphatic rings. The fourth-order valence-electron chi connectivity index (χ4n) is 2.49. The van der Waals surface area contributed by atoms with Crippen LogP contribution in [0.3, 0.4) is 0 Å². The topological polar surface area (TPSA) is 47.4 Å². The van der Waals surface area contributed by atoms with E-state index < -0.39 is 0 Å². The van der Waals surface area contributed by atoms with Crippen LogP contribution >= 0.6 is 0 Å². The van der Waals surface area contributed by atoms with Gasteiger partial charge in [-0.2, -0.15) is 0 Å². The number of ether oxygens (including phenoxy) is 1. The molecule has 2 rings (SSSR count). The quantitative estimate of drug-likeness (QED) is 0.685. The Hall–Kier alpha value is -1.36. The maximum Gasteiger partial charge on any atom is 0.222 e. The zero-order valence-corrected chi connectivity index (χ0v) is 12.2. The van der Waals surface area contributed by atoms with Gasteiger partial charge in [-0.25, -0.2) is 4.98 Å². The van der Waals surface area contributed by atoms with Crippen molar-refractivity contribution in [3.05, 3.63) is 18.7 Å². The van der Waals surface area contributed by atoms with Gasteiger partial charge < -0.3 is 14.2 Å². The first kappa shape index (κ1) is 15.0. The molecule has 0 spiro atoms. The van der Waals surface area contributed by atoms with Gasteiger partial charge in [-0.15, -0.1) is 0 Å². The number of imidazole rings is 1. The molecule has 112 valence electrons. The van der Waals surface area contributed by atoms with E-state index in [9.17, 15) is 4.79 Å². The molecule has 1 aromatic heterocycles. The van der Waals surface area contributed by atoms with Crippen molar-refractivity contribution in [2.75, 3.05) is 26.3 Å². The lowest BCUT2D eigenvalue weighted by molar-refractivity contribution is -0.135. The van der Waals surface area contributed by atoms with Crippen molar-refractivity contribution in [1.29, 1.82) is 0 Å². The molecule has 0 aromatic carbocycles. The van der Waals surface area contributed by atoms with Crippen LogP contribution in [0.4, 0.5) is 0 Å². The minimum Gasteiger partial charge on any atom is -0.378 e. The number of amides is 1. The third-order valence-electron chi connectivity index (χ3n) is 3.73. The molecule has 20 heavy (non-hydrogen) atoms. The zero-order chi connectivity index (χ0) is 14.0. The zero-order valence-electron chi connectivity index (χ0n) is 12.2. The average molecular weight is 279 g/mol. The predicted octanol–water partition coefficient (Wildman–Crippen LogP) is 2.08. The van der Waals surface area contributed by atoms with Crippen LogP contribution < -0.4 is 0 Å². The average Bonchev–Trinajstić information content (AvgIpc) is 3.00. The minimum atomic E-state index is 0.298. The standard InChI is InChI=1S/C15H25N3O2/c19-15(18-10-12-20-13-11-18)6-4-2-1-3-5-8-17-9-7-16-14-17/h7,9,14H,1-6,8,10-13H2. The van der Waals surface area contributed by atoms with Gasteiger partial charge >= 0.3 is 0 Å². The molecule has 5 nitrogen and oxygen atoms in total. The SMILES string of the molecule is O=C(CCCCCCCn1ccnc1)N1CCOCC1. The maximum absolute atomic E-state index is 11.9. The van der Waals surface area contributed by atoms with Crippen molar-refractivity contribution in [1.82, 2.24) is 14.5 Å². The number of nitrogens with zero attached hydrogens (tertiary/aromatic N) is 3. The van der Waals surface area contributed by atoms with E-state index in [2.05, 4.69) is 9.55 Å². The molecular weight excluding hydrogens is 254 g/mol. The number of hydrogen-bond acceptors (Lipinski definition) is 3. The van der Waals surface area contributed by atoms with Crippen molar-refractivity contribution >= 4 is 5.91 Å². The normalized spacial score (nSPS) is 15.5. The van der Waals surface area contributed by atoms with E-state index >= 15 is 0 Å². The van der Waals surface area contributed by atoms with E-state index in [4.69, 9.17) is 4.74 Å². The molecule has 1 saturated heterocycles. The summed E-state index contributed by atoms with van der Waals surface area (Å²) in [6.45, 7) is 3.97. The van der Waals surface area contributed by atoms with Crippen LogP contribution in [-0.4, -0.2) is 46.7 Å². The highest BCUT2D eigenvalue weighted by Gasteiger charge is 2.15. The van der Waals surface area contributed by atoms with E-state index in [1.165, 1.54) is 19.3 Å². The van der Waals surface area contributed by atoms with E-state index in [0.717, 1.165) is 32.5 Å². The van der Waals surface area contributed by atoms with Gasteiger partial charge in [0.2, 0.25) is 5.91 Å². The molecule has 1 aliphatic heterocycles. The van der Waals surface area contributed by atoms with E-state index in [1.54, 1.807) is 0 Å². The molecule has 1 fully saturated rings. The Morgan fingerprint density at radius 1 is 1.10 bits per heavy atom. The van der Waals surface area contributed by atoms with E-state index in [-0.39, 0.29) is 0 Å². The van der Waals surface area contributed by atoms with Crippen molar-refractivity contribution < 1.29 is 9.53 Å². The third-order valence-corrected chi connectivity index (χ3v) is 3.73. The van der Waals surface area contributed by atoms with Crippen molar-refractivity contribution in [2.24, 2.45) is 0 Å². The molecule has 0 saturated carbocycles. The Balaban J connectivity index is 1.44. The number of unbranched alkanes of at least 4 members (excludes halogenated alkanes) is 4. The van der Waals surface area contributed by atoms with Crippen LogP contribution in [0, 0.1) is 0 Å². The first-order chi connectivity index (χ1) is 9.86. The van der Waals surface area contributed by atoms with Crippen LogP contribution in [0.2, 0.25) is 0 Å². The van der Waals surface area contributed by atoms with Gasteiger partial charge in [-0.1, -0.05) is 19.3 Å². The highest BCUT2D eigenvalue weighted by atomic mass is 16.5. The molecule has 0 N–H and O–H groups in total. The van der Waals surface area contributed by atoms with Crippen LogP contribution in [-0.2, 0) is 16.1 Å². The van der Waals surface area contributed by atoms with E-state index in [1.807, 2.05) is 23.6 Å². The maximum atomic E-state index is 11.9. The lowest BCUT2D eigenvalue weighted by Crippen LogP contribution is -2.40. The minimum absolute atomic E-state index is 0.298. The summed E-state index contributed by atoms with van der Waals surface area (Å²) in [4.78, 5) is 17.9. The Kier molecular flexibility index (Phi) is 6.57. The Morgan fingerprint density at radius 2 is 1.85 bits per heavy atom. The smallest absolute Gasteiger partial charge is 0.222 e. The lowest BCUT2D eigenvalue weighted by atomic mass is 10.1. The van der Waals surface area contributed by atoms with Gasteiger partial charge in [-0.3, -0.25) is 4.79 Å². The van der Waals surface area contributed by atoms with Crippen molar-refractivity contribution in [3.63, 3.8) is 0 Å². The van der Waals surface area contributed by atoms with Gasteiger partial charge in [0.25, 0.3) is 0 Å². The molecule has 5 heteroatoms. The molecule has 0 atom stereocenters. The monoisotopic (exact) mass is 279 g/mol. The molecule has 0 aliphatic carbocycles. The van der Waals surface area contributed by atoms with Crippen LogP contribution in [0.15, 0.2) is 18.7 Å². The fraction of sp³-hybridized carbons (Fsp3) is 0.733. The van der Waals surface area contributed by atoms with E-state index in [0.29, 0.717) is 25.5 Å². The number of aryl methyl sites for hydroxylation is 1. The molecular formula is C15H25N3O2. The second-order valence-corrected chi connectivity index (χ2v) is 5.31. The lowest BCUT2D eigenvalue weighted by Gasteiger charge is -2.26. The number of hydrogen-bond donors (Lipinski definition) is 0. The summed E-state index contributed by atoms with van der Waals surface area (Å²) in [6, 6.07) is 0. The van der Waals surface area contributed by atoms with Crippen LogP contribution in [0.5, 0.6) is 0 Å². The summed E-state index contributed by atoms with van der Waals surface area (Å²) in [5.74, 6) is 0.298. The molecule has 0 bridgehead atoms. The van der Waals surface area contributed by atoms with Gasteiger partial charge in [0.1, 0.15) is 0 Å². The second-order valence-electron chi connectivity index (χ2n) is 5.31. The first-order valence-electron chi connectivity index (χ1n) is 7.67. The number of carbonyl (C=O) groups is 1. The highest BCUT2D eigenvalue weighted by molar-refractivity contribution is 5.76. The molecule has 0 unspecified atom stereocenters. The number of rotatable bonds is 8. The summed E-state index contributed by atoms with van der Waals surface area (Å²) in [7, 11) is 0. The number of aromatic nitrogens is 2.